The van der Waals surface area contributed by atoms with Gasteiger partial charge in [-0.1, -0.05) is 63.1 Å². The molecule has 2 aromatic carbocycles. The molecule has 5 aromatic rings. The fraction of sp³-hybridized carbons (Fsp3) is 0.0435. The van der Waals surface area contributed by atoms with Crippen molar-refractivity contribution in [1.82, 2.24) is 14.6 Å². The summed E-state index contributed by atoms with van der Waals surface area (Å²) in [5.41, 5.74) is 2.27. The van der Waals surface area contributed by atoms with Crippen molar-refractivity contribution in [2.45, 2.75) is 6.54 Å². The lowest BCUT2D eigenvalue weighted by molar-refractivity contribution is -0.113. The number of halogens is 2. The molecule has 0 saturated heterocycles. The standard InChI is InChI=1S/C23H12BrClN4O2S2/c24-13-7-8-16-14(10-13)18(21(30)28(16)11-12-4-1-2-5-15(12)25)19-22(31)29-23(33-19)26-20(27-29)17-6-3-9-32-17/h1-10H,11H2. The number of amides is 1. The highest BCUT2D eigenvalue weighted by Crippen LogP contribution is 2.38. The van der Waals surface area contributed by atoms with Gasteiger partial charge < -0.3 is 4.90 Å². The van der Waals surface area contributed by atoms with Crippen molar-refractivity contribution in [3.8, 4) is 10.7 Å². The highest BCUT2D eigenvalue weighted by atomic mass is 79.9. The largest absolute Gasteiger partial charge is 0.303 e. The molecule has 162 valence electrons. The summed E-state index contributed by atoms with van der Waals surface area (Å²) in [7, 11) is 0. The first-order chi connectivity index (χ1) is 16.0. The van der Waals surface area contributed by atoms with Gasteiger partial charge in [-0.3, -0.25) is 9.59 Å². The molecule has 1 aliphatic rings. The number of nitrogens with zero attached hydrogens (tertiary/aromatic N) is 4. The van der Waals surface area contributed by atoms with Gasteiger partial charge in [0.1, 0.15) is 4.53 Å². The molecule has 0 fully saturated rings. The summed E-state index contributed by atoms with van der Waals surface area (Å²) < 4.78 is 2.43. The Morgan fingerprint density at radius 1 is 1.06 bits per heavy atom. The van der Waals surface area contributed by atoms with E-state index in [1.165, 1.54) is 27.2 Å². The number of carbonyl (C=O) groups excluding carboxylic acids is 1. The molecule has 0 spiro atoms. The van der Waals surface area contributed by atoms with Crippen LogP contribution in [0, 0.1) is 0 Å². The molecule has 0 bridgehead atoms. The van der Waals surface area contributed by atoms with Crippen LogP contribution in [0.4, 0.5) is 5.69 Å². The summed E-state index contributed by atoms with van der Waals surface area (Å²) in [6, 6.07) is 16.9. The van der Waals surface area contributed by atoms with Crippen LogP contribution in [0.3, 0.4) is 0 Å². The fourth-order valence-electron chi connectivity index (χ4n) is 3.87. The van der Waals surface area contributed by atoms with Gasteiger partial charge in [-0.2, -0.15) is 9.50 Å². The van der Waals surface area contributed by atoms with Crippen LogP contribution in [0.2, 0.25) is 5.02 Å². The third-order valence-electron chi connectivity index (χ3n) is 5.39. The van der Waals surface area contributed by atoms with E-state index in [2.05, 4.69) is 26.0 Å². The second-order valence-electron chi connectivity index (χ2n) is 7.36. The number of aromatic nitrogens is 3. The van der Waals surface area contributed by atoms with E-state index in [1.54, 1.807) is 11.0 Å². The smallest absolute Gasteiger partial charge is 0.291 e. The summed E-state index contributed by atoms with van der Waals surface area (Å²) >= 11 is 12.5. The Balaban J connectivity index is 1.54. The third kappa shape index (κ3) is 3.34. The molecule has 0 N–H and O–H groups in total. The maximum atomic E-state index is 13.6. The van der Waals surface area contributed by atoms with Gasteiger partial charge in [0.2, 0.25) is 4.96 Å². The van der Waals surface area contributed by atoms with Crippen molar-refractivity contribution in [3.63, 3.8) is 0 Å². The number of hydrogen-bond donors (Lipinski definition) is 0. The molecular formula is C23H12BrClN4O2S2. The zero-order valence-corrected chi connectivity index (χ0v) is 20.6. The lowest BCUT2D eigenvalue weighted by Gasteiger charge is -2.18. The summed E-state index contributed by atoms with van der Waals surface area (Å²) in [4.78, 5) is 34.5. The van der Waals surface area contributed by atoms with E-state index < -0.39 is 0 Å². The molecule has 1 amide bonds. The maximum absolute atomic E-state index is 13.6. The lowest BCUT2D eigenvalue weighted by Crippen LogP contribution is -2.32. The highest BCUT2D eigenvalue weighted by Gasteiger charge is 2.35. The van der Waals surface area contributed by atoms with E-state index in [1.807, 2.05) is 53.9 Å². The molecule has 0 atom stereocenters. The van der Waals surface area contributed by atoms with Crippen LogP contribution in [-0.2, 0) is 11.3 Å². The van der Waals surface area contributed by atoms with E-state index in [9.17, 15) is 9.59 Å². The minimum atomic E-state index is -0.348. The quantitative estimate of drug-likeness (QED) is 0.322. The van der Waals surface area contributed by atoms with Crippen LogP contribution >= 0.6 is 50.2 Å². The van der Waals surface area contributed by atoms with Gasteiger partial charge >= 0.3 is 0 Å². The zero-order valence-electron chi connectivity index (χ0n) is 16.7. The molecule has 0 saturated carbocycles. The predicted molar refractivity (Wildman–Crippen MR) is 135 cm³/mol. The molecule has 33 heavy (non-hydrogen) atoms. The van der Waals surface area contributed by atoms with E-state index >= 15 is 0 Å². The Morgan fingerprint density at radius 3 is 2.67 bits per heavy atom. The van der Waals surface area contributed by atoms with E-state index in [0.717, 1.165) is 20.6 Å². The van der Waals surface area contributed by atoms with Crippen LogP contribution in [0.5, 0.6) is 0 Å². The topological polar surface area (TPSA) is 67.6 Å². The molecule has 0 radical (unpaired) electrons. The molecule has 0 unspecified atom stereocenters. The Kier molecular flexibility index (Phi) is 4.95. The molecule has 3 aromatic heterocycles. The molecule has 1 aliphatic heterocycles. The number of hydrogen-bond acceptors (Lipinski definition) is 6. The summed E-state index contributed by atoms with van der Waals surface area (Å²) in [5, 5.41) is 6.91. The van der Waals surface area contributed by atoms with Crippen LogP contribution in [0.25, 0.3) is 21.2 Å². The van der Waals surface area contributed by atoms with Crippen LogP contribution in [-0.4, -0.2) is 20.5 Å². The molecule has 0 aliphatic carbocycles. The predicted octanol–water partition coefficient (Wildman–Crippen LogP) is 4.76. The Bertz CT molecular complexity index is 1680. The van der Waals surface area contributed by atoms with Crippen molar-refractivity contribution >= 4 is 72.3 Å². The molecule has 4 heterocycles. The first-order valence-corrected chi connectivity index (χ1v) is 12.7. The van der Waals surface area contributed by atoms with Gasteiger partial charge in [-0.05, 0) is 41.3 Å². The number of benzene rings is 2. The molecule has 10 heteroatoms. The summed E-state index contributed by atoms with van der Waals surface area (Å²) in [6.45, 7) is 0.300. The lowest BCUT2D eigenvalue weighted by atomic mass is 10.1. The Labute approximate surface area is 208 Å². The van der Waals surface area contributed by atoms with Crippen LogP contribution in [0.1, 0.15) is 11.1 Å². The Hall–Kier alpha value is -2.85. The molecular weight excluding hydrogens is 544 g/mol. The van der Waals surface area contributed by atoms with Gasteiger partial charge in [-0.25, -0.2) is 0 Å². The van der Waals surface area contributed by atoms with Gasteiger partial charge in [-0.15, -0.1) is 16.4 Å². The van der Waals surface area contributed by atoms with E-state index in [4.69, 9.17) is 11.6 Å². The number of rotatable bonds is 3. The first kappa shape index (κ1) is 20.7. The number of fused-ring (bicyclic) bond motifs is 2. The third-order valence-corrected chi connectivity index (χ3v) is 8.15. The number of thiazole rings is 1. The zero-order chi connectivity index (χ0) is 22.7. The number of carbonyl (C=O) groups is 1. The van der Waals surface area contributed by atoms with Crippen LogP contribution < -0.4 is 15.0 Å². The van der Waals surface area contributed by atoms with Crippen molar-refractivity contribution in [1.29, 1.82) is 0 Å². The average molecular weight is 556 g/mol. The number of thiophene rings is 1. The second kappa shape index (κ2) is 7.88. The van der Waals surface area contributed by atoms with Crippen LogP contribution in [0.15, 0.2) is 69.2 Å². The molecule has 6 nitrogen and oxygen atoms in total. The van der Waals surface area contributed by atoms with Gasteiger partial charge in [0.25, 0.3) is 11.5 Å². The Morgan fingerprint density at radius 2 is 1.91 bits per heavy atom. The van der Waals surface area contributed by atoms with Crippen molar-refractivity contribution < 1.29 is 4.79 Å². The fourth-order valence-corrected chi connectivity index (χ4v) is 6.08. The number of anilines is 1. The average Bonchev–Trinajstić information content (AvgIpc) is 3.56. The monoisotopic (exact) mass is 554 g/mol. The van der Waals surface area contributed by atoms with Gasteiger partial charge in [0.15, 0.2) is 5.82 Å². The second-order valence-corrected chi connectivity index (χ2v) is 10.6. The van der Waals surface area contributed by atoms with Crippen molar-refractivity contribution in [2.75, 3.05) is 4.90 Å². The normalized spacial score (nSPS) is 15.0. The SMILES string of the molecule is O=C1C(=c2sc3nc(-c4cccs4)nn3c2=O)c2cc(Br)ccc2N1Cc1ccccc1Cl. The van der Waals surface area contributed by atoms with E-state index in [0.29, 0.717) is 38.0 Å². The first-order valence-electron chi connectivity index (χ1n) is 9.84. The van der Waals surface area contributed by atoms with Crippen molar-refractivity contribution in [3.05, 3.63) is 95.5 Å². The summed E-state index contributed by atoms with van der Waals surface area (Å²) in [5.74, 6) is 0.259. The van der Waals surface area contributed by atoms with Gasteiger partial charge in [0.05, 0.1) is 22.7 Å². The molecule has 6 rings (SSSR count). The maximum Gasteiger partial charge on any atom is 0.291 e. The van der Waals surface area contributed by atoms with Crippen molar-refractivity contribution in [2.24, 2.45) is 0 Å². The minimum Gasteiger partial charge on any atom is -0.303 e. The van der Waals surface area contributed by atoms with Gasteiger partial charge in [0, 0.05) is 15.1 Å². The highest BCUT2D eigenvalue weighted by molar-refractivity contribution is 9.10. The minimum absolute atomic E-state index is 0.247. The summed E-state index contributed by atoms with van der Waals surface area (Å²) in [6.07, 6.45) is 0. The van der Waals surface area contributed by atoms with E-state index in [-0.39, 0.29) is 11.5 Å².